The van der Waals surface area contributed by atoms with Crippen molar-refractivity contribution in [2.45, 2.75) is 73.6 Å². The second-order valence-electron chi connectivity index (χ2n) is 24.1. The van der Waals surface area contributed by atoms with Crippen LogP contribution in [0.25, 0.3) is 0 Å². The van der Waals surface area contributed by atoms with Crippen LogP contribution in [0.1, 0.15) is 73.6 Å². The van der Waals surface area contributed by atoms with Crippen LogP contribution in [0, 0.1) is 0 Å². The van der Waals surface area contributed by atoms with E-state index in [-0.39, 0.29) is 34.7 Å². The van der Waals surface area contributed by atoms with E-state index in [2.05, 4.69) is 90.7 Å². The molecule has 6 fully saturated rings. The lowest BCUT2D eigenvalue weighted by molar-refractivity contribution is -0.119. The van der Waals surface area contributed by atoms with Crippen molar-refractivity contribution >= 4 is 34.7 Å². The Morgan fingerprint density at radius 1 is 0.235 bits per heavy atom. The first kappa shape index (κ1) is 80.3. The summed E-state index contributed by atoms with van der Waals surface area (Å²) in [5, 5.41) is 18.9. The van der Waals surface area contributed by atoms with Crippen LogP contribution in [0.5, 0.6) is 0 Å². The molecule has 498 valence electrons. The van der Waals surface area contributed by atoms with Gasteiger partial charge in [-0.3, -0.25) is 82.7 Å². The van der Waals surface area contributed by atoms with Gasteiger partial charge in [0, 0.05) is 157 Å². The van der Waals surface area contributed by atoms with Crippen molar-refractivity contribution < 1.29 is 28.8 Å². The molecule has 6 aliphatic rings. The minimum absolute atomic E-state index is 0.260. The topological polar surface area (TPSA) is 213 Å². The highest BCUT2D eigenvalue weighted by Crippen LogP contribution is 2.09. The van der Waals surface area contributed by atoms with Gasteiger partial charge in [0.05, 0.1) is 65.9 Å². The molecule has 0 amide bonds. The van der Waals surface area contributed by atoms with Crippen molar-refractivity contribution in [1.29, 1.82) is 0 Å². The Hall–Kier alpha value is -2.70. The quantitative estimate of drug-likeness (QED) is 0.0403. The van der Waals surface area contributed by atoms with E-state index in [1.165, 1.54) is 45.2 Å². The zero-order valence-corrected chi connectivity index (χ0v) is 56.2. The Morgan fingerprint density at radius 3 is 0.729 bits per heavy atom. The standard InChI is InChI=1S/2C11H23N3O.3C10H21N3O.C9H19N3O/c1-11(15)9-14-8-4-7-13(10-14)6-3-5-12-2;1-11(15)10-14-8-6-13(7-9-14)5-3-4-12-2;1-10(14)8-13-6-3-5-12(9-13)7-4-11-2;1-10(14)9-13-7-5-12(6-8-13)4-3-11-2;1-10(14)8-13-7-6-12(9-13)5-3-4-11-2;1-9(13)7-12-6-5-11(8-12)4-3-10-2/h2*12H,3-10H2,1-2H3;3*11H,3-9H2,1-2H3;10H,3-8H2,1-2H3. The van der Waals surface area contributed by atoms with Gasteiger partial charge in [0.15, 0.2) is 0 Å². The van der Waals surface area contributed by atoms with Gasteiger partial charge in [0.2, 0.25) is 0 Å². The van der Waals surface area contributed by atoms with E-state index in [9.17, 15) is 28.8 Å². The lowest BCUT2D eigenvalue weighted by Crippen LogP contribution is -2.48. The molecule has 0 spiro atoms. The van der Waals surface area contributed by atoms with E-state index in [0.717, 1.165) is 197 Å². The minimum Gasteiger partial charge on any atom is -0.320 e. The molecule has 0 aliphatic carbocycles. The maximum absolute atomic E-state index is 11.0. The maximum atomic E-state index is 11.0. The lowest BCUT2D eigenvalue weighted by atomic mass is 10.2. The molecule has 0 radical (unpaired) electrons. The zero-order chi connectivity index (χ0) is 63.0. The van der Waals surface area contributed by atoms with Crippen LogP contribution in [0.2, 0.25) is 0 Å². The molecule has 0 unspecified atom stereocenters. The molecule has 6 heterocycles. The number of ketones is 6. The number of hydrogen-bond acceptors (Lipinski definition) is 24. The van der Waals surface area contributed by atoms with Gasteiger partial charge in [-0.25, -0.2) is 0 Å². The van der Waals surface area contributed by atoms with Crippen molar-refractivity contribution in [2.24, 2.45) is 0 Å². The van der Waals surface area contributed by atoms with Crippen LogP contribution < -0.4 is 31.9 Å². The van der Waals surface area contributed by atoms with Crippen molar-refractivity contribution in [2.75, 3.05) is 291 Å². The van der Waals surface area contributed by atoms with Gasteiger partial charge in [-0.05, 0) is 142 Å². The number of likely N-dealkylation sites (N-methyl/N-ethyl adjacent to an activating group) is 3. The average Bonchev–Trinajstić information content (AvgIpc) is 4.23. The monoisotopic (exact) mass is 1210 g/mol. The van der Waals surface area contributed by atoms with Crippen molar-refractivity contribution in [3.63, 3.8) is 0 Å². The summed E-state index contributed by atoms with van der Waals surface area (Å²) in [6.45, 7) is 47.8. The predicted octanol–water partition coefficient (Wildman–Crippen LogP) is -1.75. The molecule has 6 aliphatic heterocycles. The summed E-state index contributed by atoms with van der Waals surface area (Å²) in [5.74, 6) is 1.61. The smallest absolute Gasteiger partial charge is 0.143 e. The molecule has 0 aromatic heterocycles. The zero-order valence-electron chi connectivity index (χ0n) is 56.2. The number of piperazine rings is 2. The first-order valence-electron chi connectivity index (χ1n) is 32.4. The van der Waals surface area contributed by atoms with Crippen molar-refractivity contribution in [3.8, 4) is 0 Å². The third-order valence-corrected chi connectivity index (χ3v) is 15.3. The van der Waals surface area contributed by atoms with E-state index in [4.69, 9.17) is 0 Å². The molecule has 6 rings (SSSR count). The van der Waals surface area contributed by atoms with Gasteiger partial charge in [0.1, 0.15) is 34.7 Å². The number of carbonyl (C=O) groups excluding carboxylic acids is 6. The summed E-state index contributed by atoms with van der Waals surface area (Å²) < 4.78 is 0. The largest absolute Gasteiger partial charge is 0.320 e. The Labute approximate surface area is 517 Å². The maximum Gasteiger partial charge on any atom is 0.143 e. The highest BCUT2D eigenvalue weighted by Gasteiger charge is 2.23. The molecule has 6 saturated heterocycles. The number of Topliss-reactive ketones (excluding diaryl/α,β-unsaturated/α-hetero) is 6. The van der Waals surface area contributed by atoms with Gasteiger partial charge in [-0.15, -0.1) is 0 Å². The normalized spacial score (nSPS) is 19.5. The second kappa shape index (κ2) is 52.1. The summed E-state index contributed by atoms with van der Waals surface area (Å²) in [4.78, 5) is 93.4. The fourth-order valence-electron chi connectivity index (χ4n) is 11.0. The Morgan fingerprint density at radius 2 is 0.424 bits per heavy atom. The Kier molecular flexibility index (Phi) is 49.2. The Balaban J connectivity index is 0.000000510. The molecular weight excluding hydrogens is 1080 g/mol. The molecule has 85 heavy (non-hydrogen) atoms. The number of carbonyl (C=O) groups is 6. The first-order chi connectivity index (χ1) is 40.8. The van der Waals surface area contributed by atoms with Gasteiger partial charge >= 0.3 is 0 Å². The Bertz CT molecular complexity index is 1710. The average molecular weight is 1210 g/mol. The van der Waals surface area contributed by atoms with E-state index >= 15 is 0 Å². The second-order valence-corrected chi connectivity index (χ2v) is 24.1. The molecule has 0 aromatic carbocycles. The van der Waals surface area contributed by atoms with Crippen LogP contribution in [0.15, 0.2) is 0 Å². The van der Waals surface area contributed by atoms with Crippen molar-refractivity contribution in [1.82, 2.24) is 90.7 Å². The van der Waals surface area contributed by atoms with E-state index in [1.54, 1.807) is 41.5 Å². The highest BCUT2D eigenvalue weighted by atomic mass is 16.1. The molecular formula is C61H128N18O6. The SMILES string of the molecule is CNCCCN1CCCN(CC(C)=O)C1.CNCCCN1CCN(CC(C)=O)C1.CNCCCN1CCN(CC(C)=O)CC1.CNCCN1CCCN(CC(C)=O)C1.CNCCN1CCN(CC(C)=O)C1.CNCCN1CCN(CC(C)=O)CC1. The van der Waals surface area contributed by atoms with Gasteiger partial charge < -0.3 is 36.8 Å². The molecule has 24 heteroatoms. The lowest BCUT2D eigenvalue weighted by Gasteiger charge is -2.35. The summed E-state index contributed by atoms with van der Waals surface area (Å²) in [6, 6.07) is 0. The van der Waals surface area contributed by atoms with Crippen LogP contribution in [0.3, 0.4) is 0 Å². The summed E-state index contributed by atoms with van der Waals surface area (Å²) in [5.41, 5.74) is 0. The van der Waals surface area contributed by atoms with E-state index in [0.29, 0.717) is 39.3 Å². The van der Waals surface area contributed by atoms with Crippen molar-refractivity contribution in [3.05, 3.63) is 0 Å². The van der Waals surface area contributed by atoms with Crippen LogP contribution in [-0.4, -0.2) is 385 Å². The highest BCUT2D eigenvalue weighted by molar-refractivity contribution is 5.79. The van der Waals surface area contributed by atoms with Gasteiger partial charge in [0.25, 0.3) is 0 Å². The number of hydrogen-bond donors (Lipinski definition) is 6. The third kappa shape index (κ3) is 45.2. The van der Waals surface area contributed by atoms with Crippen LogP contribution >= 0.6 is 0 Å². The van der Waals surface area contributed by atoms with E-state index in [1.807, 2.05) is 42.3 Å². The third-order valence-electron chi connectivity index (χ3n) is 15.3. The van der Waals surface area contributed by atoms with E-state index < -0.39 is 0 Å². The fourth-order valence-corrected chi connectivity index (χ4v) is 11.0. The van der Waals surface area contributed by atoms with Crippen LogP contribution in [0.4, 0.5) is 0 Å². The molecule has 24 nitrogen and oxygen atoms in total. The van der Waals surface area contributed by atoms with Gasteiger partial charge in [-0.1, -0.05) is 0 Å². The number of nitrogens with one attached hydrogen (secondary N) is 6. The summed E-state index contributed by atoms with van der Waals surface area (Å²) in [7, 11) is 11.9. The predicted molar refractivity (Wildman–Crippen MR) is 349 cm³/mol. The summed E-state index contributed by atoms with van der Waals surface area (Å²) in [6.07, 6.45) is 5.95. The molecule has 6 N–H and O–H groups in total. The first-order valence-corrected chi connectivity index (χ1v) is 32.4. The number of rotatable bonds is 33. The molecule has 0 bridgehead atoms. The minimum atomic E-state index is 0.260. The summed E-state index contributed by atoms with van der Waals surface area (Å²) >= 11 is 0. The van der Waals surface area contributed by atoms with Gasteiger partial charge in [-0.2, -0.15) is 0 Å². The molecule has 0 saturated carbocycles. The molecule has 0 atom stereocenters. The fraction of sp³-hybridized carbons (Fsp3) is 0.902. The van der Waals surface area contributed by atoms with Crippen LogP contribution in [-0.2, 0) is 28.8 Å². The number of nitrogens with zero attached hydrogens (tertiary/aromatic N) is 12. The molecule has 0 aromatic rings.